The number of alkyl halides is 6. The second-order valence-electron chi connectivity index (χ2n) is 7.11. The van der Waals surface area contributed by atoms with E-state index < -0.39 is 42.9 Å². The number of hydrogen-bond donors (Lipinski definition) is 1. The molecule has 0 spiro atoms. The van der Waals surface area contributed by atoms with Crippen molar-refractivity contribution >= 4 is 56.9 Å². The van der Waals surface area contributed by atoms with Crippen molar-refractivity contribution in [2.45, 2.75) is 31.1 Å². The molecule has 0 saturated heterocycles. The number of amides is 1. The molecule has 0 aliphatic carbocycles. The Hall–Kier alpha value is -2.04. The first-order valence-corrected chi connectivity index (χ1v) is 11.1. The minimum atomic E-state index is -4.60. The molecular weight excluding hydrogens is 575 g/mol. The second kappa shape index (κ2) is 11.6. The molecule has 0 aromatic heterocycles. The molecule has 3 nitrogen and oxygen atoms in total. The Morgan fingerprint density at radius 3 is 2.21 bits per heavy atom. The summed E-state index contributed by atoms with van der Waals surface area (Å²) in [6.45, 7) is -1.49. The van der Waals surface area contributed by atoms with Gasteiger partial charge in [-0.05, 0) is 35.4 Å². The van der Waals surface area contributed by atoms with Crippen LogP contribution in [-0.4, -0.2) is 30.6 Å². The number of halogens is 9. The third-order valence-electron chi connectivity index (χ3n) is 4.50. The lowest BCUT2D eigenvalue weighted by Crippen LogP contribution is -2.33. The Morgan fingerprint density at radius 2 is 1.65 bits per heavy atom. The SMILES string of the molecule is O=C(CCC(=O)c1ccc(/C=C/C(c2ccc(Cl)c(Cl)c2)C(F)(F)F)cc1Br)NCC(F)(F)F. The van der Waals surface area contributed by atoms with Gasteiger partial charge in [-0.15, -0.1) is 0 Å². The molecule has 34 heavy (non-hydrogen) atoms. The molecule has 0 fully saturated rings. The predicted molar refractivity (Wildman–Crippen MR) is 121 cm³/mol. The van der Waals surface area contributed by atoms with Crippen LogP contribution in [0.3, 0.4) is 0 Å². The number of ketones is 1. The van der Waals surface area contributed by atoms with Crippen LogP contribution in [0.2, 0.25) is 10.0 Å². The van der Waals surface area contributed by atoms with Gasteiger partial charge in [0.05, 0.1) is 16.0 Å². The van der Waals surface area contributed by atoms with Gasteiger partial charge < -0.3 is 5.32 Å². The summed E-state index contributed by atoms with van der Waals surface area (Å²) in [6.07, 6.45) is -7.78. The molecule has 0 saturated carbocycles. The molecule has 0 aliphatic rings. The molecular formula is C22H16BrCl2F6NO2. The van der Waals surface area contributed by atoms with Crippen LogP contribution in [-0.2, 0) is 4.79 Å². The molecule has 1 N–H and O–H groups in total. The van der Waals surface area contributed by atoms with Gasteiger partial charge in [-0.25, -0.2) is 0 Å². The Morgan fingerprint density at radius 1 is 0.971 bits per heavy atom. The molecule has 2 rings (SSSR count). The van der Waals surface area contributed by atoms with Crippen LogP contribution in [0.15, 0.2) is 46.9 Å². The normalized spacial score (nSPS) is 13.2. The fraction of sp³-hybridized carbons (Fsp3) is 0.273. The number of allylic oxidation sites excluding steroid dienone is 1. The third-order valence-corrected chi connectivity index (χ3v) is 5.89. The first-order chi connectivity index (χ1) is 15.7. The Balaban J connectivity index is 2.11. The van der Waals surface area contributed by atoms with E-state index in [0.29, 0.717) is 5.56 Å². The number of carbonyl (C=O) groups excluding carboxylic acids is 2. The third kappa shape index (κ3) is 8.63. The molecule has 1 amide bonds. The zero-order valence-corrected chi connectivity index (χ0v) is 20.1. The van der Waals surface area contributed by atoms with E-state index in [4.69, 9.17) is 23.2 Å². The molecule has 184 valence electrons. The van der Waals surface area contributed by atoms with Crippen LogP contribution in [0.1, 0.15) is 40.2 Å². The number of benzene rings is 2. The highest BCUT2D eigenvalue weighted by molar-refractivity contribution is 9.10. The molecule has 0 heterocycles. The van der Waals surface area contributed by atoms with Gasteiger partial charge in [-0.1, -0.05) is 63.4 Å². The summed E-state index contributed by atoms with van der Waals surface area (Å²) in [4.78, 5) is 23.8. The van der Waals surface area contributed by atoms with E-state index in [1.165, 1.54) is 36.4 Å². The van der Waals surface area contributed by atoms with E-state index in [1.807, 2.05) is 0 Å². The van der Waals surface area contributed by atoms with Crippen molar-refractivity contribution in [2.24, 2.45) is 0 Å². The summed E-state index contributed by atoms with van der Waals surface area (Å²) in [5, 5.41) is 1.78. The monoisotopic (exact) mass is 589 g/mol. The molecule has 0 radical (unpaired) electrons. The van der Waals surface area contributed by atoms with E-state index in [-0.39, 0.29) is 32.1 Å². The van der Waals surface area contributed by atoms with Crippen molar-refractivity contribution in [1.82, 2.24) is 5.32 Å². The standard InChI is InChI=1S/C22H16BrCl2F6NO2/c23-16-9-12(1-4-14(16)19(33)7-8-20(34)32-11-21(26,27)28)2-5-15(22(29,30)31)13-3-6-17(24)18(25)10-13/h1-6,9-10,15H,7-8,11H2,(H,32,34)/b5-2+. The Labute approximate surface area is 209 Å². The summed E-state index contributed by atoms with van der Waals surface area (Å²) < 4.78 is 77.3. The summed E-state index contributed by atoms with van der Waals surface area (Å²) >= 11 is 14.8. The molecule has 12 heteroatoms. The van der Waals surface area contributed by atoms with Gasteiger partial charge in [-0.2, -0.15) is 26.3 Å². The van der Waals surface area contributed by atoms with E-state index in [9.17, 15) is 35.9 Å². The van der Waals surface area contributed by atoms with Crippen LogP contribution in [0.25, 0.3) is 6.08 Å². The number of nitrogens with one attached hydrogen (secondary N) is 1. The molecule has 1 atom stereocenters. The zero-order chi connectivity index (χ0) is 25.7. The lowest BCUT2D eigenvalue weighted by atomic mass is 9.96. The van der Waals surface area contributed by atoms with Gasteiger partial charge in [0.25, 0.3) is 0 Å². The molecule has 2 aromatic carbocycles. The quantitative estimate of drug-likeness (QED) is 0.252. The van der Waals surface area contributed by atoms with Crippen molar-refractivity contribution in [1.29, 1.82) is 0 Å². The molecule has 1 unspecified atom stereocenters. The Bertz CT molecular complexity index is 1090. The van der Waals surface area contributed by atoms with E-state index in [0.717, 1.165) is 12.1 Å². The molecule has 2 aromatic rings. The first-order valence-electron chi connectivity index (χ1n) is 9.53. The lowest BCUT2D eigenvalue weighted by molar-refractivity contribution is -0.139. The first kappa shape index (κ1) is 28.2. The average molecular weight is 591 g/mol. The number of rotatable bonds is 8. The highest BCUT2D eigenvalue weighted by Crippen LogP contribution is 2.38. The summed E-state index contributed by atoms with van der Waals surface area (Å²) in [5.74, 6) is -3.41. The molecule has 0 bridgehead atoms. The number of hydrogen-bond acceptors (Lipinski definition) is 2. The van der Waals surface area contributed by atoms with Crippen LogP contribution in [0, 0.1) is 0 Å². The topological polar surface area (TPSA) is 46.2 Å². The van der Waals surface area contributed by atoms with Gasteiger partial charge >= 0.3 is 12.4 Å². The van der Waals surface area contributed by atoms with Crippen molar-refractivity contribution in [3.05, 3.63) is 73.7 Å². The van der Waals surface area contributed by atoms with Crippen LogP contribution in [0.4, 0.5) is 26.3 Å². The summed E-state index contributed by atoms with van der Waals surface area (Å²) in [7, 11) is 0. The maximum atomic E-state index is 13.6. The van der Waals surface area contributed by atoms with Gasteiger partial charge in [0.1, 0.15) is 6.54 Å². The largest absolute Gasteiger partial charge is 0.405 e. The van der Waals surface area contributed by atoms with Crippen molar-refractivity contribution in [2.75, 3.05) is 6.54 Å². The maximum Gasteiger partial charge on any atom is 0.405 e. The summed E-state index contributed by atoms with van der Waals surface area (Å²) in [5.41, 5.74) is 0.381. The van der Waals surface area contributed by atoms with Gasteiger partial charge in [-0.3, -0.25) is 9.59 Å². The van der Waals surface area contributed by atoms with Gasteiger partial charge in [0.15, 0.2) is 5.78 Å². The van der Waals surface area contributed by atoms with E-state index in [2.05, 4.69) is 15.9 Å². The minimum absolute atomic E-state index is 0.0143. The summed E-state index contributed by atoms with van der Waals surface area (Å²) in [6, 6.07) is 7.79. The fourth-order valence-corrected chi connectivity index (χ4v) is 3.76. The molecule has 0 aliphatic heterocycles. The van der Waals surface area contributed by atoms with Crippen molar-refractivity contribution in [3.63, 3.8) is 0 Å². The predicted octanol–water partition coefficient (Wildman–Crippen LogP) is 7.76. The smallest absolute Gasteiger partial charge is 0.347 e. The van der Waals surface area contributed by atoms with E-state index in [1.54, 1.807) is 5.32 Å². The fourth-order valence-electron chi connectivity index (χ4n) is 2.83. The van der Waals surface area contributed by atoms with Gasteiger partial charge in [0.2, 0.25) is 5.91 Å². The minimum Gasteiger partial charge on any atom is -0.347 e. The van der Waals surface area contributed by atoms with Crippen LogP contribution < -0.4 is 5.32 Å². The lowest BCUT2D eigenvalue weighted by Gasteiger charge is -2.18. The zero-order valence-electron chi connectivity index (χ0n) is 17.0. The Kier molecular flexibility index (Phi) is 9.62. The highest BCUT2D eigenvalue weighted by atomic mass is 79.9. The van der Waals surface area contributed by atoms with Crippen LogP contribution in [0.5, 0.6) is 0 Å². The number of Topliss-reactive ketones (excluding diaryl/α,β-unsaturated/α-hetero) is 1. The van der Waals surface area contributed by atoms with Crippen molar-refractivity contribution in [3.8, 4) is 0 Å². The second-order valence-corrected chi connectivity index (χ2v) is 8.78. The van der Waals surface area contributed by atoms with Gasteiger partial charge in [0, 0.05) is 22.9 Å². The number of carbonyl (C=O) groups is 2. The highest BCUT2D eigenvalue weighted by Gasteiger charge is 2.39. The maximum absolute atomic E-state index is 13.6. The van der Waals surface area contributed by atoms with Crippen molar-refractivity contribution < 1.29 is 35.9 Å². The van der Waals surface area contributed by atoms with E-state index >= 15 is 0 Å². The van der Waals surface area contributed by atoms with Crippen LogP contribution >= 0.6 is 39.1 Å². The average Bonchev–Trinajstić information content (AvgIpc) is 2.71.